The Morgan fingerprint density at radius 2 is 2.53 bits per heavy atom. The Morgan fingerprint density at radius 3 is 3.13 bits per heavy atom. The van der Waals surface area contributed by atoms with Crippen LogP contribution in [0.25, 0.3) is 0 Å². The van der Waals surface area contributed by atoms with E-state index in [9.17, 15) is 4.79 Å². The minimum absolute atomic E-state index is 0.151. The minimum atomic E-state index is -0.151. The van der Waals surface area contributed by atoms with Crippen molar-refractivity contribution in [3.8, 4) is 0 Å². The summed E-state index contributed by atoms with van der Waals surface area (Å²) in [4.78, 5) is 12.1. The van der Waals surface area contributed by atoms with Gasteiger partial charge in [-0.15, -0.1) is 0 Å². The van der Waals surface area contributed by atoms with E-state index in [2.05, 4.69) is 36.7 Å². The molecule has 0 bridgehead atoms. The fourth-order valence-electron chi connectivity index (χ4n) is 1.84. The van der Waals surface area contributed by atoms with Crippen LogP contribution in [-0.2, 0) is 0 Å². The molecular formula is C9H13BrN4O. The number of carbonyl (C=O) groups is 1. The predicted octanol–water partition coefficient (Wildman–Crippen LogP) is 1.10. The molecule has 2 unspecified atom stereocenters. The van der Waals surface area contributed by atoms with Crippen molar-refractivity contribution in [2.24, 2.45) is 5.92 Å². The number of amides is 1. The normalized spacial score (nSPS) is 25.4. The summed E-state index contributed by atoms with van der Waals surface area (Å²) in [6, 6.07) is 0. The third-order valence-electron chi connectivity index (χ3n) is 2.68. The molecule has 0 saturated heterocycles. The summed E-state index contributed by atoms with van der Waals surface area (Å²) in [5.74, 6) is 0.437. The average Bonchev–Trinajstić information content (AvgIpc) is 2.84. The van der Waals surface area contributed by atoms with E-state index in [1.54, 1.807) is 0 Å². The van der Waals surface area contributed by atoms with E-state index in [-0.39, 0.29) is 5.91 Å². The van der Waals surface area contributed by atoms with Crippen LogP contribution in [0.15, 0.2) is 6.20 Å². The summed E-state index contributed by atoms with van der Waals surface area (Å²) in [6.45, 7) is 0.730. The van der Waals surface area contributed by atoms with Crippen molar-refractivity contribution >= 4 is 21.8 Å². The van der Waals surface area contributed by atoms with Gasteiger partial charge in [0.05, 0.1) is 6.20 Å². The lowest BCUT2D eigenvalue weighted by molar-refractivity contribution is 0.0942. The Hall–Kier alpha value is -0.910. The van der Waals surface area contributed by atoms with E-state index in [1.165, 1.54) is 19.0 Å². The Labute approximate surface area is 96.1 Å². The van der Waals surface area contributed by atoms with Gasteiger partial charge < -0.3 is 5.32 Å². The Morgan fingerprint density at radius 1 is 1.67 bits per heavy atom. The lowest BCUT2D eigenvalue weighted by Crippen LogP contribution is -2.28. The summed E-state index contributed by atoms with van der Waals surface area (Å²) in [5.41, 5.74) is 0.350. The summed E-state index contributed by atoms with van der Waals surface area (Å²) in [7, 11) is 0. The molecule has 0 radical (unpaired) electrons. The first-order chi connectivity index (χ1) is 7.25. The number of aromatic amines is 1. The van der Waals surface area contributed by atoms with Crippen LogP contribution in [-0.4, -0.2) is 32.7 Å². The van der Waals surface area contributed by atoms with Crippen LogP contribution in [0.2, 0.25) is 0 Å². The van der Waals surface area contributed by atoms with Crippen LogP contribution >= 0.6 is 15.9 Å². The highest BCUT2D eigenvalue weighted by Crippen LogP contribution is 2.29. The van der Waals surface area contributed by atoms with Crippen LogP contribution in [0, 0.1) is 5.92 Å². The van der Waals surface area contributed by atoms with Gasteiger partial charge in [-0.2, -0.15) is 15.4 Å². The maximum absolute atomic E-state index is 11.5. The number of nitrogens with one attached hydrogen (secondary N) is 2. The molecule has 82 valence electrons. The first-order valence-electron chi connectivity index (χ1n) is 5.03. The topological polar surface area (TPSA) is 70.7 Å². The molecule has 1 saturated carbocycles. The van der Waals surface area contributed by atoms with Crippen molar-refractivity contribution < 1.29 is 4.79 Å². The number of hydrogen-bond acceptors (Lipinski definition) is 3. The second-order valence-electron chi connectivity index (χ2n) is 3.84. The van der Waals surface area contributed by atoms with Crippen LogP contribution in [0.1, 0.15) is 29.8 Å². The third-order valence-corrected chi connectivity index (χ3v) is 3.51. The molecular weight excluding hydrogens is 260 g/mol. The highest BCUT2D eigenvalue weighted by atomic mass is 79.9. The molecule has 1 amide bonds. The predicted molar refractivity (Wildman–Crippen MR) is 58.8 cm³/mol. The number of H-pyrrole nitrogens is 1. The van der Waals surface area contributed by atoms with Crippen molar-refractivity contribution in [2.75, 3.05) is 6.54 Å². The van der Waals surface area contributed by atoms with Gasteiger partial charge in [0, 0.05) is 11.4 Å². The molecule has 2 rings (SSSR count). The second-order valence-corrected chi connectivity index (χ2v) is 5.14. The maximum atomic E-state index is 11.5. The van der Waals surface area contributed by atoms with Crippen LogP contribution < -0.4 is 5.32 Å². The molecule has 1 heterocycles. The van der Waals surface area contributed by atoms with E-state index in [0.717, 1.165) is 13.0 Å². The molecule has 0 spiro atoms. The summed E-state index contributed by atoms with van der Waals surface area (Å²) in [5, 5.41) is 12.6. The zero-order valence-electron chi connectivity index (χ0n) is 8.24. The molecule has 15 heavy (non-hydrogen) atoms. The van der Waals surface area contributed by atoms with Gasteiger partial charge in [-0.3, -0.25) is 4.79 Å². The van der Waals surface area contributed by atoms with Gasteiger partial charge in [0.15, 0.2) is 5.69 Å². The molecule has 1 aromatic rings. The molecule has 0 aliphatic heterocycles. The third kappa shape index (κ3) is 2.77. The first-order valence-corrected chi connectivity index (χ1v) is 5.95. The number of carbonyl (C=O) groups excluding carboxylic acids is 1. The highest BCUT2D eigenvalue weighted by Gasteiger charge is 2.23. The quantitative estimate of drug-likeness (QED) is 0.810. The molecule has 2 atom stereocenters. The Bertz CT molecular complexity index is 327. The largest absolute Gasteiger partial charge is 0.350 e. The number of alkyl halides is 1. The number of aromatic nitrogens is 3. The molecule has 1 aliphatic rings. The molecule has 2 N–H and O–H groups in total. The number of rotatable bonds is 3. The summed E-state index contributed by atoms with van der Waals surface area (Å²) < 4.78 is 0. The number of halogens is 1. The Kier molecular flexibility index (Phi) is 3.35. The smallest absolute Gasteiger partial charge is 0.273 e. The van der Waals surface area contributed by atoms with Crippen LogP contribution in [0.4, 0.5) is 0 Å². The van der Waals surface area contributed by atoms with Gasteiger partial charge in [-0.1, -0.05) is 15.9 Å². The van der Waals surface area contributed by atoms with E-state index >= 15 is 0 Å². The van der Waals surface area contributed by atoms with Gasteiger partial charge in [0.25, 0.3) is 5.91 Å². The van der Waals surface area contributed by atoms with Gasteiger partial charge >= 0.3 is 0 Å². The first kappa shape index (κ1) is 10.6. The number of hydrogen-bond donors (Lipinski definition) is 2. The average molecular weight is 273 g/mol. The SMILES string of the molecule is O=C(NCC1CCC(Br)C1)c1cn[nH]n1. The van der Waals surface area contributed by atoms with Crippen molar-refractivity contribution in [1.82, 2.24) is 20.7 Å². The van der Waals surface area contributed by atoms with Gasteiger partial charge in [0.1, 0.15) is 0 Å². The molecule has 0 aromatic carbocycles. The monoisotopic (exact) mass is 272 g/mol. The van der Waals surface area contributed by atoms with Crippen molar-refractivity contribution in [3.63, 3.8) is 0 Å². The van der Waals surface area contributed by atoms with Crippen LogP contribution in [0.3, 0.4) is 0 Å². The number of nitrogens with zero attached hydrogens (tertiary/aromatic N) is 2. The van der Waals surface area contributed by atoms with E-state index in [4.69, 9.17) is 0 Å². The van der Waals surface area contributed by atoms with E-state index in [1.807, 2.05) is 0 Å². The summed E-state index contributed by atoms with van der Waals surface area (Å²) >= 11 is 3.58. The molecule has 1 fully saturated rings. The lowest BCUT2D eigenvalue weighted by Gasteiger charge is -2.09. The molecule has 6 heteroatoms. The van der Waals surface area contributed by atoms with Crippen LogP contribution in [0.5, 0.6) is 0 Å². The van der Waals surface area contributed by atoms with Crippen molar-refractivity contribution in [2.45, 2.75) is 24.1 Å². The summed E-state index contributed by atoms with van der Waals surface area (Å²) in [6.07, 6.45) is 4.94. The van der Waals surface area contributed by atoms with E-state index < -0.39 is 0 Å². The molecule has 5 nitrogen and oxygen atoms in total. The zero-order chi connectivity index (χ0) is 10.7. The lowest BCUT2D eigenvalue weighted by atomic mass is 10.1. The minimum Gasteiger partial charge on any atom is -0.350 e. The zero-order valence-corrected chi connectivity index (χ0v) is 9.83. The highest BCUT2D eigenvalue weighted by molar-refractivity contribution is 9.09. The maximum Gasteiger partial charge on any atom is 0.273 e. The molecule has 1 aromatic heterocycles. The fraction of sp³-hybridized carbons (Fsp3) is 0.667. The molecule has 1 aliphatic carbocycles. The van der Waals surface area contributed by atoms with Crippen molar-refractivity contribution in [3.05, 3.63) is 11.9 Å². The Balaban J connectivity index is 1.76. The van der Waals surface area contributed by atoms with Crippen molar-refractivity contribution in [1.29, 1.82) is 0 Å². The van der Waals surface area contributed by atoms with Gasteiger partial charge in [-0.05, 0) is 25.2 Å². The van der Waals surface area contributed by atoms with E-state index in [0.29, 0.717) is 16.4 Å². The van der Waals surface area contributed by atoms with Gasteiger partial charge in [-0.25, -0.2) is 0 Å². The van der Waals surface area contributed by atoms with Gasteiger partial charge in [0.2, 0.25) is 0 Å². The fourth-order valence-corrected chi connectivity index (χ4v) is 2.63. The standard InChI is InChI=1S/C9H13BrN4O/c10-7-2-1-6(3-7)4-11-9(15)8-5-12-14-13-8/h5-7H,1-4H2,(H,11,15)(H,12,13,14). The second kappa shape index (κ2) is 4.74.